The second-order valence-electron chi connectivity index (χ2n) is 5.93. The van der Waals surface area contributed by atoms with Crippen LogP contribution in [0, 0.1) is 24.0 Å². The average molecular weight is 416 g/mol. The summed E-state index contributed by atoms with van der Waals surface area (Å²) in [6.07, 6.45) is -4.31. The van der Waals surface area contributed by atoms with E-state index in [9.17, 15) is 32.3 Å². The Labute approximate surface area is 158 Å². The van der Waals surface area contributed by atoms with Crippen molar-refractivity contribution < 1.29 is 31.8 Å². The summed E-state index contributed by atoms with van der Waals surface area (Å²) in [6, 6.07) is 8.08. The molecule has 0 spiro atoms. The highest BCUT2D eigenvalue weighted by Crippen LogP contribution is 2.32. The lowest BCUT2D eigenvalue weighted by Crippen LogP contribution is -2.21. The van der Waals surface area contributed by atoms with Gasteiger partial charge in [0.25, 0.3) is 5.69 Å². The van der Waals surface area contributed by atoms with Crippen molar-refractivity contribution in [3.63, 3.8) is 0 Å². The molecule has 0 radical (unpaired) electrons. The van der Waals surface area contributed by atoms with Crippen LogP contribution in [0.5, 0.6) is 11.5 Å². The molecule has 0 aliphatic carbocycles. The lowest BCUT2D eigenvalue weighted by atomic mass is 10.1. The SMILES string of the molecule is Cc1cc([N+](=O)[O-])c(C)cc1Oc1cccc(S(C)(=O)=NC(=O)C(F)(F)F)c1. The first-order valence-electron chi connectivity index (χ1n) is 7.68. The minimum Gasteiger partial charge on any atom is -0.457 e. The molecule has 7 nitrogen and oxygen atoms in total. The van der Waals surface area contributed by atoms with Gasteiger partial charge in [-0.1, -0.05) is 6.07 Å². The van der Waals surface area contributed by atoms with Crippen LogP contribution in [0.15, 0.2) is 45.7 Å². The van der Waals surface area contributed by atoms with Gasteiger partial charge in [0.05, 0.1) is 19.5 Å². The van der Waals surface area contributed by atoms with Gasteiger partial charge in [0.15, 0.2) is 0 Å². The van der Waals surface area contributed by atoms with Gasteiger partial charge in [-0.05, 0) is 43.7 Å². The second-order valence-corrected chi connectivity index (χ2v) is 8.19. The summed E-state index contributed by atoms with van der Waals surface area (Å²) in [5, 5.41) is 11.0. The molecule has 0 bridgehead atoms. The lowest BCUT2D eigenvalue weighted by Gasteiger charge is -2.12. The Hall–Kier alpha value is -2.95. The zero-order chi connectivity index (χ0) is 21.3. The van der Waals surface area contributed by atoms with E-state index in [2.05, 4.69) is 4.36 Å². The summed E-state index contributed by atoms with van der Waals surface area (Å²) in [6.45, 7) is 3.12. The molecule has 28 heavy (non-hydrogen) atoms. The predicted octanol–water partition coefficient (Wildman–Crippen LogP) is 4.55. The second kappa shape index (κ2) is 7.58. The number of alkyl halides is 3. The van der Waals surface area contributed by atoms with Gasteiger partial charge < -0.3 is 4.74 Å². The topological polar surface area (TPSA) is 98.9 Å². The minimum atomic E-state index is -5.22. The van der Waals surface area contributed by atoms with Crippen LogP contribution in [0.1, 0.15) is 11.1 Å². The zero-order valence-electron chi connectivity index (χ0n) is 14.9. The maximum Gasteiger partial charge on any atom is 0.474 e. The van der Waals surface area contributed by atoms with E-state index in [1.165, 1.54) is 43.3 Å². The molecule has 2 aromatic carbocycles. The summed E-state index contributed by atoms with van der Waals surface area (Å²) < 4.78 is 58.1. The van der Waals surface area contributed by atoms with E-state index >= 15 is 0 Å². The highest BCUT2D eigenvalue weighted by Gasteiger charge is 2.39. The van der Waals surface area contributed by atoms with Crippen molar-refractivity contribution in [3.8, 4) is 11.5 Å². The van der Waals surface area contributed by atoms with Crippen molar-refractivity contribution in [2.45, 2.75) is 24.9 Å². The zero-order valence-corrected chi connectivity index (χ0v) is 15.8. The first-order chi connectivity index (χ1) is 12.8. The van der Waals surface area contributed by atoms with Crippen molar-refractivity contribution in [3.05, 3.63) is 57.6 Å². The molecule has 1 unspecified atom stereocenters. The Bertz CT molecular complexity index is 1070. The Morgan fingerprint density at radius 2 is 1.82 bits per heavy atom. The van der Waals surface area contributed by atoms with Crippen molar-refractivity contribution >= 4 is 21.3 Å². The van der Waals surface area contributed by atoms with Crippen LogP contribution in [0.25, 0.3) is 0 Å². The molecular weight excluding hydrogens is 401 g/mol. The smallest absolute Gasteiger partial charge is 0.457 e. The number of nitrogens with zero attached hydrogens (tertiary/aromatic N) is 2. The number of aryl methyl sites for hydroxylation is 2. The van der Waals surface area contributed by atoms with Crippen LogP contribution < -0.4 is 4.74 Å². The molecule has 0 fully saturated rings. The number of carbonyl (C=O) groups is 1. The monoisotopic (exact) mass is 416 g/mol. The number of halogens is 3. The number of hydrogen-bond acceptors (Lipinski definition) is 5. The molecule has 2 rings (SSSR count). The summed E-state index contributed by atoms with van der Waals surface area (Å²) in [5.74, 6) is -2.03. The number of amides is 1. The van der Waals surface area contributed by atoms with Gasteiger partial charge in [-0.2, -0.15) is 13.2 Å². The quantitative estimate of drug-likeness (QED) is 0.538. The van der Waals surface area contributed by atoms with Gasteiger partial charge in [-0.25, -0.2) is 4.21 Å². The largest absolute Gasteiger partial charge is 0.474 e. The molecule has 0 heterocycles. The molecule has 150 valence electrons. The maximum atomic E-state index is 12.5. The van der Waals surface area contributed by atoms with Gasteiger partial charge in [0.1, 0.15) is 11.5 Å². The third-order valence-electron chi connectivity index (χ3n) is 3.66. The van der Waals surface area contributed by atoms with Crippen LogP contribution in [0.2, 0.25) is 0 Å². The molecule has 0 saturated carbocycles. The van der Waals surface area contributed by atoms with Gasteiger partial charge in [0, 0.05) is 17.9 Å². The molecular formula is C17H15F3N2O5S. The van der Waals surface area contributed by atoms with E-state index in [-0.39, 0.29) is 22.1 Å². The summed E-state index contributed by atoms with van der Waals surface area (Å²) in [5.41, 5.74) is 0.725. The normalized spacial score (nSPS) is 13.5. The average Bonchev–Trinajstić information content (AvgIpc) is 2.56. The molecule has 1 atom stereocenters. The Balaban J connectivity index is 2.41. The first-order valence-corrected chi connectivity index (χ1v) is 9.60. The number of nitro groups is 1. The molecule has 1 amide bonds. The molecule has 0 saturated heterocycles. The Morgan fingerprint density at radius 3 is 2.39 bits per heavy atom. The van der Waals surface area contributed by atoms with E-state index in [0.29, 0.717) is 11.1 Å². The Morgan fingerprint density at radius 1 is 1.18 bits per heavy atom. The third kappa shape index (κ3) is 4.85. The van der Waals surface area contributed by atoms with Crippen LogP contribution >= 0.6 is 0 Å². The van der Waals surface area contributed by atoms with Crippen molar-refractivity contribution in [2.75, 3.05) is 6.26 Å². The van der Waals surface area contributed by atoms with Gasteiger partial charge in [0.2, 0.25) is 0 Å². The highest BCUT2D eigenvalue weighted by atomic mass is 32.2. The summed E-state index contributed by atoms with van der Waals surface area (Å²) in [7, 11) is -3.66. The van der Waals surface area contributed by atoms with E-state index in [0.717, 1.165) is 6.26 Å². The molecule has 0 N–H and O–H groups in total. The van der Waals surface area contributed by atoms with Crippen LogP contribution in [-0.2, 0) is 14.5 Å². The van der Waals surface area contributed by atoms with E-state index < -0.39 is 26.7 Å². The number of hydrogen-bond donors (Lipinski definition) is 0. The number of rotatable bonds is 4. The molecule has 11 heteroatoms. The summed E-state index contributed by atoms with van der Waals surface area (Å²) >= 11 is 0. The van der Waals surface area contributed by atoms with Crippen LogP contribution in [0.3, 0.4) is 0 Å². The third-order valence-corrected chi connectivity index (χ3v) is 5.30. The Kier molecular flexibility index (Phi) is 5.78. The van der Waals surface area contributed by atoms with Crippen LogP contribution in [0.4, 0.5) is 18.9 Å². The number of nitro benzene ring substituents is 1. The standard InChI is InChI=1S/C17H15F3N2O5S/c1-10-8-15(11(2)7-14(10)22(24)25)27-12-5-4-6-13(9-12)28(3,26)21-16(23)17(18,19)20/h4-9H,1-3H3. The van der Waals surface area contributed by atoms with E-state index in [1.807, 2.05) is 0 Å². The van der Waals surface area contributed by atoms with E-state index in [4.69, 9.17) is 4.74 Å². The fourth-order valence-corrected chi connectivity index (χ4v) is 3.44. The molecule has 0 aliphatic rings. The minimum absolute atomic E-state index is 0.0837. The fraction of sp³-hybridized carbons (Fsp3) is 0.235. The fourth-order valence-electron chi connectivity index (χ4n) is 2.24. The molecule has 0 aromatic heterocycles. The van der Waals surface area contributed by atoms with Crippen molar-refractivity contribution in [2.24, 2.45) is 4.36 Å². The number of carbonyl (C=O) groups excluding carboxylic acids is 1. The van der Waals surface area contributed by atoms with Crippen molar-refractivity contribution in [1.82, 2.24) is 0 Å². The van der Waals surface area contributed by atoms with Gasteiger partial charge in [-0.3, -0.25) is 14.9 Å². The maximum absolute atomic E-state index is 12.5. The predicted molar refractivity (Wildman–Crippen MR) is 94.9 cm³/mol. The number of ether oxygens (including phenoxy) is 1. The van der Waals surface area contributed by atoms with Crippen molar-refractivity contribution in [1.29, 1.82) is 0 Å². The summed E-state index contributed by atoms with van der Waals surface area (Å²) in [4.78, 5) is 21.4. The first kappa shape index (κ1) is 21.4. The van der Waals surface area contributed by atoms with E-state index in [1.54, 1.807) is 6.92 Å². The van der Waals surface area contributed by atoms with Gasteiger partial charge in [-0.15, -0.1) is 4.36 Å². The lowest BCUT2D eigenvalue weighted by molar-refractivity contribution is -0.385. The van der Waals surface area contributed by atoms with Gasteiger partial charge >= 0.3 is 12.1 Å². The molecule has 0 aliphatic heterocycles. The number of benzene rings is 2. The molecule has 2 aromatic rings. The highest BCUT2D eigenvalue weighted by molar-refractivity contribution is 7.93. The van der Waals surface area contributed by atoms with Crippen LogP contribution in [-0.4, -0.2) is 27.5 Å².